The van der Waals surface area contributed by atoms with Crippen LogP contribution in [-0.4, -0.2) is 16.3 Å². The van der Waals surface area contributed by atoms with Gasteiger partial charge in [0, 0.05) is 24.3 Å². The van der Waals surface area contributed by atoms with E-state index in [2.05, 4.69) is 30.5 Å². The van der Waals surface area contributed by atoms with Crippen molar-refractivity contribution in [2.24, 2.45) is 0 Å². The molecule has 1 aromatic heterocycles. The van der Waals surface area contributed by atoms with Gasteiger partial charge >= 0.3 is 0 Å². The molecule has 0 aliphatic heterocycles. The Kier molecular flexibility index (Phi) is 5.30. The molecular weight excluding hydrogens is 253 g/mol. The fourth-order valence-corrected chi connectivity index (χ4v) is 2.32. The van der Waals surface area contributed by atoms with E-state index in [4.69, 9.17) is 0 Å². The second-order valence-electron chi connectivity index (χ2n) is 4.98. The minimum atomic E-state index is -0.190. The lowest BCUT2D eigenvalue weighted by Gasteiger charge is -2.16. The Labute approximate surface area is 119 Å². The van der Waals surface area contributed by atoms with Gasteiger partial charge in [0.15, 0.2) is 0 Å². The van der Waals surface area contributed by atoms with Crippen LogP contribution in [0.2, 0.25) is 0 Å². The lowest BCUT2D eigenvalue weighted by Crippen LogP contribution is -2.22. The van der Waals surface area contributed by atoms with Gasteiger partial charge in [-0.1, -0.05) is 26.0 Å². The predicted molar refractivity (Wildman–Crippen MR) is 79.0 cm³/mol. The molecular formula is C16H22FN3. The lowest BCUT2D eigenvalue weighted by atomic mass is 10.0. The van der Waals surface area contributed by atoms with Crippen molar-refractivity contribution in [3.8, 4) is 0 Å². The van der Waals surface area contributed by atoms with Crippen molar-refractivity contribution < 1.29 is 4.39 Å². The Balaban J connectivity index is 2.10. The van der Waals surface area contributed by atoms with E-state index in [-0.39, 0.29) is 11.9 Å². The fourth-order valence-electron chi connectivity index (χ4n) is 2.32. The van der Waals surface area contributed by atoms with E-state index >= 15 is 0 Å². The average Bonchev–Trinajstić information content (AvgIpc) is 2.90. The van der Waals surface area contributed by atoms with Gasteiger partial charge in [-0.2, -0.15) is 5.10 Å². The Bertz CT molecular complexity index is 519. The molecule has 2 aromatic rings. The molecule has 0 fully saturated rings. The number of halogens is 1. The molecule has 1 unspecified atom stereocenters. The molecule has 1 atom stereocenters. The van der Waals surface area contributed by atoms with Crippen LogP contribution in [0.4, 0.5) is 4.39 Å². The number of rotatable bonds is 7. The fraction of sp³-hybridized carbons (Fsp3) is 0.438. The smallest absolute Gasteiger partial charge is 0.123 e. The number of benzene rings is 1. The van der Waals surface area contributed by atoms with Crippen molar-refractivity contribution in [2.45, 2.75) is 39.3 Å². The van der Waals surface area contributed by atoms with E-state index in [1.165, 1.54) is 17.7 Å². The van der Waals surface area contributed by atoms with Crippen molar-refractivity contribution >= 4 is 0 Å². The zero-order chi connectivity index (χ0) is 14.4. The first-order valence-electron chi connectivity index (χ1n) is 7.23. The first kappa shape index (κ1) is 14.7. The van der Waals surface area contributed by atoms with E-state index in [1.54, 1.807) is 0 Å². The summed E-state index contributed by atoms with van der Waals surface area (Å²) in [5, 5.41) is 7.85. The van der Waals surface area contributed by atoms with Crippen LogP contribution in [0, 0.1) is 5.82 Å². The minimum Gasteiger partial charge on any atom is -0.310 e. The third-order valence-electron chi connectivity index (χ3n) is 3.31. The zero-order valence-corrected chi connectivity index (χ0v) is 12.1. The summed E-state index contributed by atoms with van der Waals surface area (Å²) in [5.41, 5.74) is 2.31. The van der Waals surface area contributed by atoms with Crippen molar-refractivity contribution in [1.82, 2.24) is 15.1 Å². The van der Waals surface area contributed by atoms with Crippen molar-refractivity contribution in [3.05, 3.63) is 53.6 Å². The Morgan fingerprint density at radius 2 is 2.00 bits per heavy atom. The summed E-state index contributed by atoms with van der Waals surface area (Å²) in [6.45, 7) is 6.07. The third kappa shape index (κ3) is 3.90. The number of aryl methyl sites for hydroxylation is 1. The largest absolute Gasteiger partial charge is 0.310 e. The summed E-state index contributed by atoms with van der Waals surface area (Å²) in [4.78, 5) is 0. The van der Waals surface area contributed by atoms with Gasteiger partial charge in [0.05, 0.1) is 6.20 Å². The molecule has 3 nitrogen and oxygen atoms in total. The normalized spacial score (nSPS) is 12.6. The van der Waals surface area contributed by atoms with Gasteiger partial charge in [-0.15, -0.1) is 0 Å². The predicted octanol–water partition coefficient (Wildman–Crippen LogP) is 3.33. The van der Waals surface area contributed by atoms with Gasteiger partial charge in [0.2, 0.25) is 0 Å². The molecule has 0 aliphatic carbocycles. The molecule has 1 aromatic carbocycles. The van der Waals surface area contributed by atoms with Crippen LogP contribution in [0.15, 0.2) is 36.7 Å². The van der Waals surface area contributed by atoms with Gasteiger partial charge in [-0.3, -0.25) is 4.68 Å². The molecule has 0 radical (unpaired) electrons. The molecule has 108 valence electrons. The molecule has 20 heavy (non-hydrogen) atoms. The van der Waals surface area contributed by atoms with Gasteiger partial charge in [-0.05, 0) is 37.1 Å². The van der Waals surface area contributed by atoms with Gasteiger partial charge in [-0.25, -0.2) is 4.39 Å². The second kappa shape index (κ2) is 7.20. The number of hydrogen-bond acceptors (Lipinski definition) is 2. The number of likely N-dealkylation sites (N-methyl/N-ethyl adjacent to an activating group) is 1. The van der Waals surface area contributed by atoms with Crippen LogP contribution in [0.3, 0.4) is 0 Å². The average molecular weight is 275 g/mol. The molecule has 2 rings (SSSR count). The maximum absolute atomic E-state index is 13.0. The summed E-state index contributed by atoms with van der Waals surface area (Å²) < 4.78 is 14.9. The summed E-state index contributed by atoms with van der Waals surface area (Å²) in [5.74, 6) is -0.190. The summed E-state index contributed by atoms with van der Waals surface area (Å²) >= 11 is 0. The highest BCUT2D eigenvalue weighted by atomic mass is 19.1. The quantitative estimate of drug-likeness (QED) is 0.840. The monoisotopic (exact) mass is 275 g/mol. The SMILES string of the molecule is CCCn1cc(C(Cc2ccc(F)cc2)NCC)cn1. The molecule has 0 saturated carbocycles. The van der Waals surface area contributed by atoms with E-state index in [0.29, 0.717) is 0 Å². The molecule has 0 spiro atoms. The van der Waals surface area contributed by atoms with Gasteiger partial charge in [0.1, 0.15) is 5.82 Å². The number of aromatic nitrogens is 2. The molecule has 4 heteroatoms. The zero-order valence-electron chi connectivity index (χ0n) is 12.1. The standard InChI is InChI=1S/C16H22FN3/c1-3-9-20-12-14(11-19-20)16(18-4-2)10-13-5-7-15(17)8-6-13/h5-8,11-12,16,18H,3-4,9-10H2,1-2H3. The maximum Gasteiger partial charge on any atom is 0.123 e. The Morgan fingerprint density at radius 1 is 1.25 bits per heavy atom. The first-order valence-corrected chi connectivity index (χ1v) is 7.23. The van der Waals surface area contributed by atoms with Crippen LogP contribution in [-0.2, 0) is 13.0 Å². The second-order valence-corrected chi connectivity index (χ2v) is 4.98. The van der Waals surface area contributed by atoms with Crippen molar-refractivity contribution in [3.63, 3.8) is 0 Å². The van der Waals surface area contributed by atoms with Crippen molar-refractivity contribution in [2.75, 3.05) is 6.54 Å². The van der Waals surface area contributed by atoms with Crippen LogP contribution >= 0.6 is 0 Å². The molecule has 0 amide bonds. The lowest BCUT2D eigenvalue weighted by molar-refractivity contribution is 0.546. The maximum atomic E-state index is 13.0. The van der Waals surface area contributed by atoms with Crippen LogP contribution in [0.5, 0.6) is 0 Å². The van der Waals surface area contributed by atoms with Crippen LogP contribution < -0.4 is 5.32 Å². The first-order chi connectivity index (χ1) is 9.72. The minimum absolute atomic E-state index is 0.190. The van der Waals surface area contributed by atoms with Gasteiger partial charge in [0.25, 0.3) is 0 Å². The highest BCUT2D eigenvalue weighted by Gasteiger charge is 2.13. The highest BCUT2D eigenvalue weighted by molar-refractivity contribution is 5.21. The summed E-state index contributed by atoms with van der Waals surface area (Å²) in [6, 6.07) is 6.93. The summed E-state index contributed by atoms with van der Waals surface area (Å²) in [7, 11) is 0. The molecule has 1 N–H and O–H groups in total. The third-order valence-corrected chi connectivity index (χ3v) is 3.31. The number of nitrogens with one attached hydrogen (secondary N) is 1. The van der Waals surface area contributed by atoms with E-state index in [0.717, 1.165) is 31.5 Å². The number of nitrogens with zero attached hydrogens (tertiary/aromatic N) is 2. The van der Waals surface area contributed by atoms with E-state index in [9.17, 15) is 4.39 Å². The molecule has 1 heterocycles. The molecule has 0 bridgehead atoms. The van der Waals surface area contributed by atoms with Crippen molar-refractivity contribution in [1.29, 1.82) is 0 Å². The van der Waals surface area contributed by atoms with Crippen LogP contribution in [0.1, 0.15) is 37.4 Å². The molecule has 0 aliphatic rings. The topological polar surface area (TPSA) is 29.9 Å². The van der Waals surface area contributed by atoms with E-state index in [1.807, 2.05) is 23.0 Å². The highest BCUT2D eigenvalue weighted by Crippen LogP contribution is 2.18. The van der Waals surface area contributed by atoms with Crippen LogP contribution in [0.25, 0.3) is 0 Å². The summed E-state index contributed by atoms with van der Waals surface area (Å²) in [6.07, 6.45) is 5.93. The Hall–Kier alpha value is -1.68. The molecule has 0 saturated heterocycles. The number of hydrogen-bond donors (Lipinski definition) is 1. The Morgan fingerprint density at radius 3 is 2.65 bits per heavy atom. The van der Waals surface area contributed by atoms with Gasteiger partial charge < -0.3 is 5.32 Å². The van der Waals surface area contributed by atoms with E-state index < -0.39 is 0 Å².